The lowest BCUT2D eigenvalue weighted by Crippen LogP contribution is -2.29. The number of ether oxygens (including phenoxy) is 2. The summed E-state index contributed by atoms with van der Waals surface area (Å²) in [5.41, 5.74) is 0.864. The van der Waals surface area contributed by atoms with Crippen molar-refractivity contribution in [1.29, 1.82) is 0 Å². The predicted molar refractivity (Wildman–Crippen MR) is 94.8 cm³/mol. The van der Waals surface area contributed by atoms with Crippen LogP contribution in [0.3, 0.4) is 0 Å². The average molecular weight is 315 g/mol. The van der Waals surface area contributed by atoms with E-state index < -0.39 is 0 Å². The van der Waals surface area contributed by atoms with Gasteiger partial charge in [0.15, 0.2) is 11.5 Å². The molecule has 0 saturated carbocycles. The molecule has 0 aliphatic heterocycles. The van der Waals surface area contributed by atoms with Crippen LogP contribution >= 0.6 is 0 Å². The lowest BCUT2D eigenvalue weighted by Gasteiger charge is -2.17. The van der Waals surface area contributed by atoms with Crippen LogP contribution in [0.2, 0.25) is 0 Å². The van der Waals surface area contributed by atoms with Crippen molar-refractivity contribution in [3.8, 4) is 11.5 Å². The molecule has 1 amide bonds. The van der Waals surface area contributed by atoms with Gasteiger partial charge in [0.2, 0.25) is 5.91 Å². The summed E-state index contributed by atoms with van der Waals surface area (Å²) < 4.78 is 11.0. The first kappa shape index (κ1) is 18.6. The van der Waals surface area contributed by atoms with Crippen molar-refractivity contribution in [1.82, 2.24) is 4.90 Å². The molecule has 0 spiro atoms. The Morgan fingerprint density at radius 3 is 2.39 bits per heavy atom. The number of methoxy groups -OCH3 is 1. The summed E-state index contributed by atoms with van der Waals surface area (Å²) in [4.78, 5) is 13.8. The van der Waals surface area contributed by atoms with E-state index in [0.29, 0.717) is 24.6 Å². The van der Waals surface area contributed by atoms with Crippen molar-refractivity contribution >= 4 is 12.0 Å². The standard InChI is InChI=1S/C19H25NO3/c1-6-12-20(13-7-2)19(21)11-9-16-8-10-17(23-15(3)4)18(14-16)22-5/h6-11,14-15H,1-2,12-13H2,3-5H3/b11-9-. The molecule has 23 heavy (non-hydrogen) atoms. The van der Waals surface area contributed by atoms with Crippen LogP contribution in [0.25, 0.3) is 6.08 Å². The van der Waals surface area contributed by atoms with Gasteiger partial charge in [-0.15, -0.1) is 13.2 Å². The quantitative estimate of drug-likeness (QED) is 0.515. The van der Waals surface area contributed by atoms with Gasteiger partial charge in [-0.3, -0.25) is 4.79 Å². The number of amides is 1. The Morgan fingerprint density at radius 2 is 1.87 bits per heavy atom. The molecule has 0 aromatic heterocycles. The maximum atomic E-state index is 12.2. The van der Waals surface area contributed by atoms with Crippen LogP contribution in [0.1, 0.15) is 19.4 Å². The zero-order valence-electron chi connectivity index (χ0n) is 14.1. The summed E-state index contributed by atoms with van der Waals surface area (Å²) in [6.07, 6.45) is 6.74. The molecule has 1 aromatic rings. The number of carbonyl (C=O) groups is 1. The molecule has 0 saturated heterocycles. The van der Waals surface area contributed by atoms with E-state index in [1.165, 1.54) is 6.08 Å². The van der Waals surface area contributed by atoms with Crippen molar-refractivity contribution in [3.63, 3.8) is 0 Å². The van der Waals surface area contributed by atoms with Crippen LogP contribution in [0.5, 0.6) is 11.5 Å². The molecule has 0 aliphatic carbocycles. The zero-order valence-corrected chi connectivity index (χ0v) is 14.1. The Bertz CT molecular complexity index is 566. The minimum atomic E-state index is -0.0914. The molecular weight excluding hydrogens is 290 g/mol. The summed E-state index contributed by atoms with van der Waals surface area (Å²) in [5.74, 6) is 1.24. The molecule has 124 valence electrons. The van der Waals surface area contributed by atoms with Crippen molar-refractivity contribution in [2.75, 3.05) is 20.2 Å². The molecule has 0 fully saturated rings. The van der Waals surface area contributed by atoms with Crippen LogP contribution in [0.4, 0.5) is 0 Å². The Labute approximate surface area is 138 Å². The van der Waals surface area contributed by atoms with Gasteiger partial charge >= 0.3 is 0 Å². The highest BCUT2D eigenvalue weighted by molar-refractivity contribution is 5.92. The third-order valence-corrected chi connectivity index (χ3v) is 2.98. The van der Waals surface area contributed by atoms with E-state index in [2.05, 4.69) is 13.2 Å². The van der Waals surface area contributed by atoms with E-state index >= 15 is 0 Å². The second-order valence-corrected chi connectivity index (χ2v) is 5.23. The molecule has 0 bridgehead atoms. The molecule has 4 nitrogen and oxygen atoms in total. The molecule has 0 N–H and O–H groups in total. The van der Waals surface area contributed by atoms with Gasteiger partial charge in [0.25, 0.3) is 0 Å². The summed E-state index contributed by atoms with van der Waals surface area (Å²) in [7, 11) is 1.59. The Hall–Kier alpha value is -2.49. The summed E-state index contributed by atoms with van der Waals surface area (Å²) in [6, 6.07) is 5.57. The zero-order chi connectivity index (χ0) is 17.2. The van der Waals surface area contributed by atoms with Gasteiger partial charge in [0, 0.05) is 19.2 Å². The third-order valence-electron chi connectivity index (χ3n) is 2.98. The summed E-state index contributed by atoms with van der Waals surface area (Å²) in [5, 5.41) is 0. The fourth-order valence-corrected chi connectivity index (χ4v) is 1.98. The lowest BCUT2D eigenvalue weighted by atomic mass is 10.2. The van der Waals surface area contributed by atoms with Crippen LogP contribution in [-0.4, -0.2) is 37.1 Å². The Kier molecular flexibility index (Phi) is 7.67. The SMILES string of the molecule is C=CCN(CC=C)C(=O)/C=C\c1ccc(OC(C)C)c(OC)c1. The highest BCUT2D eigenvalue weighted by Crippen LogP contribution is 2.29. The minimum absolute atomic E-state index is 0.0678. The lowest BCUT2D eigenvalue weighted by molar-refractivity contribution is -0.124. The smallest absolute Gasteiger partial charge is 0.247 e. The Balaban J connectivity index is 2.88. The average Bonchev–Trinajstić information content (AvgIpc) is 2.52. The summed E-state index contributed by atoms with van der Waals surface area (Å²) in [6.45, 7) is 12.2. The third kappa shape index (κ3) is 6.02. The maximum absolute atomic E-state index is 12.2. The molecule has 4 heteroatoms. The van der Waals surface area contributed by atoms with Crippen LogP contribution < -0.4 is 9.47 Å². The number of hydrogen-bond donors (Lipinski definition) is 0. The van der Waals surface area contributed by atoms with Gasteiger partial charge in [0.05, 0.1) is 13.2 Å². The maximum Gasteiger partial charge on any atom is 0.247 e. The number of nitrogens with zero attached hydrogens (tertiary/aromatic N) is 1. The molecule has 1 rings (SSSR count). The van der Waals surface area contributed by atoms with E-state index in [1.807, 2.05) is 32.0 Å². The van der Waals surface area contributed by atoms with Gasteiger partial charge in [-0.2, -0.15) is 0 Å². The monoisotopic (exact) mass is 315 g/mol. The first-order valence-corrected chi connectivity index (χ1v) is 7.55. The van der Waals surface area contributed by atoms with Crippen molar-refractivity contribution < 1.29 is 14.3 Å². The molecule has 0 aliphatic rings. The minimum Gasteiger partial charge on any atom is -0.493 e. The number of carbonyl (C=O) groups excluding carboxylic acids is 1. The van der Waals surface area contributed by atoms with Gasteiger partial charge < -0.3 is 14.4 Å². The molecule has 0 unspecified atom stereocenters. The van der Waals surface area contributed by atoms with Crippen molar-refractivity contribution in [2.24, 2.45) is 0 Å². The predicted octanol–water partition coefficient (Wildman–Crippen LogP) is 3.70. The molecule has 1 aromatic carbocycles. The first-order valence-electron chi connectivity index (χ1n) is 7.55. The second-order valence-electron chi connectivity index (χ2n) is 5.23. The van der Waals surface area contributed by atoms with Crippen molar-refractivity contribution in [3.05, 3.63) is 55.1 Å². The van der Waals surface area contributed by atoms with Gasteiger partial charge in [-0.1, -0.05) is 18.2 Å². The fraction of sp³-hybridized carbons (Fsp3) is 0.316. The van der Waals surface area contributed by atoms with E-state index in [9.17, 15) is 4.79 Å². The number of rotatable bonds is 9. The highest BCUT2D eigenvalue weighted by Gasteiger charge is 2.08. The van der Waals surface area contributed by atoms with Crippen molar-refractivity contribution in [2.45, 2.75) is 20.0 Å². The van der Waals surface area contributed by atoms with Gasteiger partial charge in [-0.25, -0.2) is 0 Å². The fourth-order valence-electron chi connectivity index (χ4n) is 1.98. The molecule has 0 atom stereocenters. The number of benzene rings is 1. The molecule has 0 radical (unpaired) electrons. The normalized spacial score (nSPS) is 10.6. The highest BCUT2D eigenvalue weighted by atomic mass is 16.5. The Morgan fingerprint density at radius 1 is 1.22 bits per heavy atom. The van der Waals surface area contributed by atoms with Crippen LogP contribution in [0.15, 0.2) is 49.6 Å². The van der Waals surface area contributed by atoms with Gasteiger partial charge in [-0.05, 0) is 37.6 Å². The van der Waals surface area contributed by atoms with E-state index in [-0.39, 0.29) is 12.0 Å². The largest absolute Gasteiger partial charge is 0.493 e. The van der Waals surface area contributed by atoms with E-state index in [0.717, 1.165) is 5.56 Å². The summed E-state index contributed by atoms with van der Waals surface area (Å²) >= 11 is 0. The van der Waals surface area contributed by atoms with E-state index in [4.69, 9.17) is 9.47 Å². The molecular formula is C19H25NO3. The second kappa shape index (κ2) is 9.51. The molecule has 0 heterocycles. The van der Waals surface area contributed by atoms with Gasteiger partial charge in [0.1, 0.15) is 0 Å². The number of hydrogen-bond acceptors (Lipinski definition) is 3. The van der Waals surface area contributed by atoms with Crippen LogP contribution in [-0.2, 0) is 4.79 Å². The van der Waals surface area contributed by atoms with Crippen LogP contribution in [0, 0.1) is 0 Å². The first-order chi connectivity index (χ1) is 11.0. The topological polar surface area (TPSA) is 38.8 Å². The van der Waals surface area contributed by atoms with E-state index in [1.54, 1.807) is 30.2 Å².